The van der Waals surface area contributed by atoms with Gasteiger partial charge in [-0.25, -0.2) is 4.68 Å². The largest absolute Gasteiger partial charge is 0.492 e. The summed E-state index contributed by atoms with van der Waals surface area (Å²) in [5, 5.41) is 4.48. The average molecular weight is 581 g/mol. The topological polar surface area (TPSA) is 95.8 Å². The molecular formula is C33H48N4O5. The fourth-order valence-corrected chi connectivity index (χ4v) is 6.57. The number of carbonyl (C=O) groups excluding carboxylic acids is 2. The van der Waals surface area contributed by atoms with Crippen molar-refractivity contribution in [3.8, 4) is 17.1 Å². The summed E-state index contributed by atoms with van der Waals surface area (Å²) in [6.45, 7) is 8.67. The summed E-state index contributed by atoms with van der Waals surface area (Å²) < 4.78 is 19.7. The quantitative estimate of drug-likeness (QED) is 0.303. The fraction of sp³-hybridized carbons (Fsp3) is 0.697. The molecule has 9 heteroatoms. The highest BCUT2D eigenvalue weighted by molar-refractivity contribution is 5.78. The van der Waals surface area contributed by atoms with Crippen molar-refractivity contribution >= 4 is 11.9 Å². The lowest BCUT2D eigenvalue weighted by Crippen LogP contribution is -2.40. The van der Waals surface area contributed by atoms with E-state index < -0.39 is 11.0 Å². The second-order valence-corrected chi connectivity index (χ2v) is 13.3. The van der Waals surface area contributed by atoms with Gasteiger partial charge >= 0.3 is 5.97 Å². The molecule has 1 saturated carbocycles. The molecule has 2 aliphatic heterocycles. The Kier molecular flexibility index (Phi) is 9.86. The van der Waals surface area contributed by atoms with Crippen molar-refractivity contribution in [3.63, 3.8) is 0 Å². The first-order valence-corrected chi connectivity index (χ1v) is 16.0. The van der Waals surface area contributed by atoms with Crippen LogP contribution in [0.3, 0.4) is 0 Å². The minimum atomic E-state index is -0.481. The lowest BCUT2D eigenvalue weighted by molar-refractivity contribution is -0.168. The summed E-state index contributed by atoms with van der Waals surface area (Å²) in [6, 6.07) is 5.92. The van der Waals surface area contributed by atoms with Crippen LogP contribution in [-0.2, 0) is 19.1 Å². The van der Waals surface area contributed by atoms with Crippen LogP contribution in [0.15, 0.2) is 30.6 Å². The summed E-state index contributed by atoms with van der Waals surface area (Å²) in [4.78, 5) is 32.6. The van der Waals surface area contributed by atoms with Crippen molar-refractivity contribution in [2.75, 3.05) is 26.3 Å². The number of pyridine rings is 1. The predicted octanol–water partition coefficient (Wildman–Crippen LogP) is 6.33. The lowest BCUT2D eigenvalue weighted by Gasteiger charge is -2.33. The van der Waals surface area contributed by atoms with Crippen LogP contribution in [0.1, 0.15) is 104 Å². The maximum Gasteiger partial charge on any atom is 0.312 e. The highest BCUT2D eigenvalue weighted by Gasteiger charge is 2.43. The third kappa shape index (κ3) is 7.71. The third-order valence-electron chi connectivity index (χ3n) is 8.99. The molecule has 5 rings (SSSR count). The van der Waals surface area contributed by atoms with Gasteiger partial charge in [0.2, 0.25) is 5.91 Å². The van der Waals surface area contributed by atoms with E-state index in [-0.39, 0.29) is 18.1 Å². The van der Waals surface area contributed by atoms with Gasteiger partial charge in [0.25, 0.3) is 0 Å². The zero-order valence-corrected chi connectivity index (χ0v) is 25.7. The summed E-state index contributed by atoms with van der Waals surface area (Å²) in [7, 11) is 0. The van der Waals surface area contributed by atoms with Crippen molar-refractivity contribution in [2.24, 2.45) is 11.3 Å². The summed E-state index contributed by atoms with van der Waals surface area (Å²) in [5.41, 5.74) is 0.917. The Morgan fingerprint density at radius 2 is 1.83 bits per heavy atom. The summed E-state index contributed by atoms with van der Waals surface area (Å²) >= 11 is 0. The molecule has 1 aliphatic carbocycles. The molecule has 0 radical (unpaired) electrons. The molecule has 3 fully saturated rings. The molecule has 230 valence electrons. The van der Waals surface area contributed by atoms with Gasteiger partial charge in [0.05, 0.1) is 29.6 Å². The number of hydrogen-bond acceptors (Lipinski definition) is 7. The molecule has 0 aromatic carbocycles. The molecule has 2 saturated heterocycles. The number of piperidine rings is 1. The molecular weight excluding hydrogens is 532 g/mol. The Bertz CT molecular complexity index is 1170. The molecule has 3 aliphatic rings. The Morgan fingerprint density at radius 3 is 2.50 bits per heavy atom. The minimum Gasteiger partial charge on any atom is -0.492 e. The van der Waals surface area contributed by atoms with Gasteiger partial charge in [0.1, 0.15) is 11.4 Å². The maximum atomic E-state index is 13.0. The van der Waals surface area contributed by atoms with Crippen molar-refractivity contribution in [1.82, 2.24) is 19.7 Å². The van der Waals surface area contributed by atoms with Crippen LogP contribution in [0, 0.1) is 11.3 Å². The lowest BCUT2D eigenvalue weighted by atomic mass is 9.81. The number of esters is 1. The Hall–Kier alpha value is -2.94. The number of aromatic nitrogens is 3. The van der Waals surface area contributed by atoms with Gasteiger partial charge in [-0.05, 0) is 103 Å². The number of ether oxygens (including phenoxy) is 3. The SMILES string of the molecule is CC(C)(C)OC(=O)C1(CCCC(=O)N2CCC(COc3ccc(-c4ccnn4C4CCCCO4)nc3)CC2)CCCC1. The standard InChI is InChI=1S/C33H48N4O5/c1-32(2,3)42-31(39)33(16-5-6-17-33)18-8-9-29(38)36-20-14-25(15-21-36)24-41-26-11-12-27(34-23-26)28-13-19-35-37(28)30-10-4-7-22-40-30/h11-13,19,23,25,30H,4-10,14-18,20-22,24H2,1-3H3. The van der Waals surface area contributed by atoms with Crippen LogP contribution >= 0.6 is 0 Å². The first kappa shape index (κ1) is 30.5. The minimum absolute atomic E-state index is 0.0274. The van der Waals surface area contributed by atoms with Gasteiger partial charge in [0.15, 0.2) is 6.23 Å². The van der Waals surface area contributed by atoms with E-state index in [0.29, 0.717) is 18.9 Å². The zero-order chi connectivity index (χ0) is 29.6. The molecule has 2 aromatic heterocycles. The Balaban J connectivity index is 1.03. The number of nitrogens with zero attached hydrogens (tertiary/aromatic N) is 4. The Morgan fingerprint density at radius 1 is 1.05 bits per heavy atom. The van der Waals surface area contributed by atoms with Crippen LogP contribution in [-0.4, -0.2) is 63.4 Å². The van der Waals surface area contributed by atoms with Crippen LogP contribution in [0.4, 0.5) is 0 Å². The van der Waals surface area contributed by atoms with Gasteiger partial charge in [0, 0.05) is 32.3 Å². The summed E-state index contributed by atoms with van der Waals surface area (Å²) in [6.07, 6.45) is 14.5. The van der Waals surface area contributed by atoms with E-state index >= 15 is 0 Å². The Labute approximate surface area is 250 Å². The van der Waals surface area contributed by atoms with Crippen molar-refractivity contribution < 1.29 is 23.8 Å². The molecule has 1 atom stereocenters. The monoisotopic (exact) mass is 580 g/mol. The van der Waals surface area contributed by atoms with E-state index in [1.54, 1.807) is 12.4 Å². The third-order valence-corrected chi connectivity index (χ3v) is 8.99. The zero-order valence-electron chi connectivity index (χ0n) is 25.7. The molecule has 9 nitrogen and oxygen atoms in total. The predicted molar refractivity (Wildman–Crippen MR) is 160 cm³/mol. The highest BCUT2D eigenvalue weighted by Crippen LogP contribution is 2.44. The van der Waals surface area contributed by atoms with E-state index in [2.05, 4.69) is 10.1 Å². The molecule has 1 unspecified atom stereocenters. The van der Waals surface area contributed by atoms with Crippen LogP contribution in [0.2, 0.25) is 0 Å². The molecule has 0 bridgehead atoms. The van der Waals surface area contributed by atoms with Crippen molar-refractivity contribution in [1.29, 1.82) is 0 Å². The normalized spacial score (nSPS) is 21.3. The molecule has 1 amide bonds. The first-order chi connectivity index (χ1) is 20.2. The molecule has 4 heterocycles. The fourth-order valence-electron chi connectivity index (χ4n) is 6.57. The van der Waals surface area contributed by atoms with Gasteiger partial charge in [-0.3, -0.25) is 14.6 Å². The van der Waals surface area contributed by atoms with Gasteiger partial charge in [-0.2, -0.15) is 5.10 Å². The smallest absolute Gasteiger partial charge is 0.312 e. The number of carbonyl (C=O) groups is 2. The first-order valence-electron chi connectivity index (χ1n) is 16.0. The van der Waals surface area contributed by atoms with Crippen molar-refractivity contribution in [3.05, 3.63) is 30.6 Å². The second kappa shape index (κ2) is 13.6. The maximum absolute atomic E-state index is 13.0. The summed E-state index contributed by atoms with van der Waals surface area (Å²) in [5.74, 6) is 1.28. The van der Waals surface area contributed by atoms with E-state index in [4.69, 9.17) is 14.2 Å². The number of likely N-dealkylation sites (tertiary alicyclic amines) is 1. The van der Waals surface area contributed by atoms with E-state index in [0.717, 1.165) is 107 Å². The highest BCUT2D eigenvalue weighted by atomic mass is 16.6. The number of amides is 1. The van der Waals surface area contributed by atoms with E-state index in [1.807, 2.05) is 48.6 Å². The van der Waals surface area contributed by atoms with Crippen LogP contribution in [0.25, 0.3) is 11.4 Å². The second-order valence-electron chi connectivity index (χ2n) is 13.3. The van der Waals surface area contributed by atoms with Gasteiger partial charge < -0.3 is 19.1 Å². The number of rotatable bonds is 10. The van der Waals surface area contributed by atoms with E-state index in [1.165, 1.54) is 0 Å². The van der Waals surface area contributed by atoms with Crippen molar-refractivity contribution in [2.45, 2.75) is 110 Å². The molecule has 0 N–H and O–H groups in total. The average Bonchev–Trinajstić information content (AvgIpc) is 3.67. The van der Waals surface area contributed by atoms with E-state index in [9.17, 15) is 9.59 Å². The number of hydrogen-bond donors (Lipinski definition) is 0. The van der Waals surface area contributed by atoms with Gasteiger partial charge in [-0.1, -0.05) is 12.8 Å². The molecule has 0 spiro atoms. The molecule has 42 heavy (non-hydrogen) atoms. The van der Waals surface area contributed by atoms with Crippen LogP contribution in [0.5, 0.6) is 5.75 Å². The molecule has 2 aromatic rings. The van der Waals surface area contributed by atoms with Crippen LogP contribution < -0.4 is 4.74 Å². The van der Waals surface area contributed by atoms with Gasteiger partial charge in [-0.15, -0.1) is 0 Å².